The molecular formula is C11H8N2O2. The Labute approximate surface area is 86.1 Å². The summed E-state index contributed by atoms with van der Waals surface area (Å²) in [5.74, 6) is -0.639. The summed E-state index contributed by atoms with van der Waals surface area (Å²) in [6, 6.07) is 9.03. The average Bonchev–Trinajstić information content (AvgIpc) is 2.69. The van der Waals surface area contributed by atoms with Crippen molar-refractivity contribution >= 4 is 16.9 Å². The molecule has 0 radical (unpaired) electrons. The first-order chi connectivity index (χ1) is 7.31. The van der Waals surface area contributed by atoms with E-state index in [0.717, 1.165) is 16.5 Å². The molecule has 1 aromatic heterocycles. The smallest absolute Gasteiger partial charge is 0.322 e. The molecular weight excluding hydrogens is 192 g/mol. The van der Waals surface area contributed by atoms with Crippen molar-refractivity contribution in [3.63, 3.8) is 0 Å². The Kier molecular flexibility index (Phi) is 2.38. The van der Waals surface area contributed by atoms with Crippen LogP contribution in [0, 0.1) is 11.3 Å². The van der Waals surface area contributed by atoms with E-state index in [1.54, 1.807) is 6.26 Å². The number of nitrogens with one attached hydrogen (secondary N) is 1. The number of rotatable bonds is 2. The molecule has 0 aliphatic carbocycles. The largest absolute Gasteiger partial charge is 0.464 e. The monoisotopic (exact) mass is 200 g/mol. The second kappa shape index (κ2) is 3.84. The van der Waals surface area contributed by atoms with Gasteiger partial charge in [-0.05, 0) is 6.07 Å². The van der Waals surface area contributed by atoms with Crippen molar-refractivity contribution in [3.05, 3.63) is 36.1 Å². The van der Waals surface area contributed by atoms with Gasteiger partial charge in [-0.2, -0.15) is 5.26 Å². The molecule has 74 valence electrons. The maximum absolute atomic E-state index is 10.7. The van der Waals surface area contributed by atoms with Crippen LogP contribution in [-0.2, 0) is 11.3 Å². The molecule has 0 bridgehead atoms. The van der Waals surface area contributed by atoms with Crippen LogP contribution in [0.15, 0.2) is 34.9 Å². The minimum absolute atomic E-state index is 0.309. The summed E-state index contributed by atoms with van der Waals surface area (Å²) < 4.78 is 5.28. The fourth-order valence-electron chi connectivity index (χ4n) is 1.38. The lowest BCUT2D eigenvalue weighted by Crippen LogP contribution is -2.20. The summed E-state index contributed by atoms with van der Waals surface area (Å²) in [4.78, 5) is 10.7. The molecule has 4 nitrogen and oxygen atoms in total. The molecule has 0 aliphatic heterocycles. The molecule has 1 N–H and O–H groups in total. The van der Waals surface area contributed by atoms with Gasteiger partial charge in [-0.3, -0.25) is 4.79 Å². The van der Waals surface area contributed by atoms with Gasteiger partial charge >= 0.3 is 5.91 Å². The van der Waals surface area contributed by atoms with Crippen LogP contribution in [-0.4, -0.2) is 5.91 Å². The first-order valence-electron chi connectivity index (χ1n) is 4.44. The third-order valence-corrected chi connectivity index (χ3v) is 2.10. The molecule has 1 aromatic carbocycles. The molecule has 0 saturated carbocycles. The van der Waals surface area contributed by atoms with Crippen molar-refractivity contribution in [3.8, 4) is 6.07 Å². The number of hydrogen-bond donors (Lipinski definition) is 1. The summed E-state index contributed by atoms with van der Waals surface area (Å²) in [6.45, 7) is 0.309. The SMILES string of the molecule is N#CC(=O)NCc1coc2ccccc12. The molecule has 0 saturated heterocycles. The average molecular weight is 200 g/mol. The van der Waals surface area contributed by atoms with Crippen molar-refractivity contribution in [2.24, 2.45) is 0 Å². The zero-order valence-electron chi connectivity index (χ0n) is 7.86. The maximum atomic E-state index is 10.7. The van der Waals surface area contributed by atoms with Crippen LogP contribution in [0.4, 0.5) is 0 Å². The quantitative estimate of drug-likeness (QED) is 0.748. The van der Waals surface area contributed by atoms with Gasteiger partial charge in [0, 0.05) is 17.5 Å². The van der Waals surface area contributed by atoms with E-state index in [2.05, 4.69) is 5.32 Å². The van der Waals surface area contributed by atoms with Crippen LogP contribution >= 0.6 is 0 Å². The lowest BCUT2D eigenvalue weighted by molar-refractivity contribution is -0.116. The number of fused-ring (bicyclic) bond motifs is 1. The Balaban J connectivity index is 2.22. The normalized spacial score (nSPS) is 9.80. The highest BCUT2D eigenvalue weighted by molar-refractivity contribution is 5.91. The van der Waals surface area contributed by atoms with Gasteiger partial charge in [0.15, 0.2) is 6.07 Å². The van der Waals surface area contributed by atoms with E-state index in [1.807, 2.05) is 24.3 Å². The number of furan rings is 1. The van der Waals surface area contributed by atoms with Crippen molar-refractivity contribution in [1.82, 2.24) is 5.32 Å². The number of hydrogen-bond acceptors (Lipinski definition) is 3. The van der Waals surface area contributed by atoms with E-state index >= 15 is 0 Å². The summed E-state index contributed by atoms with van der Waals surface area (Å²) >= 11 is 0. The van der Waals surface area contributed by atoms with E-state index in [9.17, 15) is 4.79 Å². The van der Waals surface area contributed by atoms with Crippen molar-refractivity contribution in [1.29, 1.82) is 5.26 Å². The molecule has 0 aliphatic rings. The second-order valence-corrected chi connectivity index (χ2v) is 3.05. The Hall–Kier alpha value is -2.28. The van der Waals surface area contributed by atoms with Crippen molar-refractivity contribution in [2.45, 2.75) is 6.54 Å². The van der Waals surface area contributed by atoms with Gasteiger partial charge in [-0.1, -0.05) is 18.2 Å². The predicted octanol–water partition coefficient (Wildman–Crippen LogP) is 1.57. The van der Waals surface area contributed by atoms with E-state index in [0.29, 0.717) is 6.54 Å². The number of carbonyl (C=O) groups is 1. The van der Waals surface area contributed by atoms with E-state index < -0.39 is 5.91 Å². The first kappa shape index (κ1) is 9.28. The number of benzene rings is 1. The van der Waals surface area contributed by atoms with Crippen molar-refractivity contribution in [2.75, 3.05) is 0 Å². The minimum atomic E-state index is -0.639. The van der Waals surface area contributed by atoms with Gasteiger partial charge < -0.3 is 9.73 Å². The van der Waals surface area contributed by atoms with Gasteiger partial charge in [-0.25, -0.2) is 0 Å². The number of nitrogens with zero attached hydrogens (tertiary/aromatic N) is 1. The Morgan fingerprint density at radius 1 is 1.47 bits per heavy atom. The second-order valence-electron chi connectivity index (χ2n) is 3.05. The fourth-order valence-corrected chi connectivity index (χ4v) is 1.38. The molecule has 2 rings (SSSR count). The molecule has 1 heterocycles. The van der Waals surface area contributed by atoms with Crippen LogP contribution in [0.1, 0.15) is 5.56 Å². The van der Waals surface area contributed by atoms with Crippen LogP contribution in [0.25, 0.3) is 11.0 Å². The van der Waals surface area contributed by atoms with Gasteiger partial charge in [0.25, 0.3) is 0 Å². The van der Waals surface area contributed by atoms with E-state index in [1.165, 1.54) is 6.07 Å². The minimum Gasteiger partial charge on any atom is -0.464 e. The molecule has 4 heteroatoms. The van der Waals surface area contributed by atoms with Gasteiger partial charge in [0.2, 0.25) is 0 Å². The lowest BCUT2D eigenvalue weighted by atomic mass is 10.2. The van der Waals surface area contributed by atoms with Gasteiger partial charge in [-0.15, -0.1) is 0 Å². The first-order valence-corrected chi connectivity index (χ1v) is 4.44. The third kappa shape index (κ3) is 1.81. The summed E-state index contributed by atoms with van der Waals surface area (Å²) in [6.07, 6.45) is 1.59. The molecule has 0 spiro atoms. The van der Waals surface area contributed by atoms with Crippen LogP contribution < -0.4 is 5.32 Å². The predicted molar refractivity (Wildman–Crippen MR) is 53.7 cm³/mol. The number of amides is 1. The topological polar surface area (TPSA) is 66.0 Å². The third-order valence-electron chi connectivity index (χ3n) is 2.10. The molecule has 0 unspecified atom stereocenters. The van der Waals surface area contributed by atoms with Gasteiger partial charge in [0.05, 0.1) is 6.26 Å². The van der Waals surface area contributed by atoms with E-state index in [-0.39, 0.29) is 0 Å². The molecule has 1 amide bonds. The fraction of sp³-hybridized carbons (Fsp3) is 0.0909. The zero-order chi connectivity index (χ0) is 10.7. The van der Waals surface area contributed by atoms with Crippen LogP contribution in [0.5, 0.6) is 0 Å². The lowest BCUT2D eigenvalue weighted by Gasteiger charge is -1.96. The molecule has 0 atom stereocenters. The Morgan fingerprint density at radius 2 is 2.27 bits per heavy atom. The summed E-state index contributed by atoms with van der Waals surface area (Å²) in [5, 5.41) is 11.7. The number of para-hydroxylation sites is 1. The number of nitriles is 1. The highest BCUT2D eigenvalue weighted by Gasteiger charge is 2.05. The molecule has 15 heavy (non-hydrogen) atoms. The Morgan fingerprint density at radius 3 is 3.07 bits per heavy atom. The van der Waals surface area contributed by atoms with Gasteiger partial charge in [0.1, 0.15) is 5.58 Å². The van der Waals surface area contributed by atoms with Crippen LogP contribution in [0.2, 0.25) is 0 Å². The maximum Gasteiger partial charge on any atom is 0.322 e. The molecule has 2 aromatic rings. The zero-order valence-corrected chi connectivity index (χ0v) is 7.86. The highest BCUT2D eigenvalue weighted by atomic mass is 16.3. The van der Waals surface area contributed by atoms with Crippen LogP contribution in [0.3, 0.4) is 0 Å². The summed E-state index contributed by atoms with van der Waals surface area (Å²) in [7, 11) is 0. The van der Waals surface area contributed by atoms with E-state index in [4.69, 9.17) is 9.68 Å². The van der Waals surface area contributed by atoms with Crippen molar-refractivity contribution < 1.29 is 9.21 Å². The Bertz CT molecular complexity index is 537. The highest BCUT2D eigenvalue weighted by Crippen LogP contribution is 2.20. The molecule has 0 fully saturated rings. The standard InChI is InChI=1S/C11H8N2O2/c12-5-11(14)13-6-8-7-15-10-4-2-1-3-9(8)10/h1-4,7H,6H2,(H,13,14). The number of carbonyl (C=O) groups excluding carboxylic acids is 1. The summed E-state index contributed by atoms with van der Waals surface area (Å²) in [5.41, 5.74) is 1.65.